The topological polar surface area (TPSA) is 108 Å². The first-order valence-electron chi connectivity index (χ1n) is 9.88. The Hall–Kier alpha value is -4.46. The molecule has 0 saturated carbocycles. The molecule has 3 rings (SSSR count). The van der Waals surface area contributed by atoms with Crippen molar-refractivity contribution in [2.45, 2.75) is 13.8 Å². The highest BCUT2D eigenvalue weighted by molar-refractivity contribution is 6.09. The predicted molar refractivity (Wildman–Crippen MR) is 120 cm³/mol. The number of rotatable bonds is 7. The lowest BCUT2D eigenvalue weighted by atomic mass is 10.1. The van der Waals surface area contributed by atoms with Crippen LogP contribution in [0.15, 0.2) is 66.7 Å². The Labute approximate surface area is 190 Å². The van der Waals surface area contributed by atoms with E-state index in [0.717, 1.165) is 0 Å². The fraction of sp³-hybridized carbons (Fsp3) is 0.120. The number of carbonyl (C=O) groups excluding carboxylic acids is 4. The molecule has 0 saturated heterocycles. The van der Waals surface area contributed by atoms with E-state index in [0.29, 0.717) is 22.6 Å². The number of hydrogen-bond donors (Lipinski definition) is 1. The van der Waals surface area contributed by atoms with Crippen molar-refractivity contribution < 1.29 is 33.4 Å². The minimum absolute atomic E-state index is 0.157. The molecule has 0 bridgehead atoms. The van der Waals surface area contributed by atoms with Crippen LogP contribution in [0.2, 0.25) is 0 Å². The van der Waals surface area contributed by atoms with Crippen LogP contribution in [0.1, 0.15) is 44.9 Å². The molecular weight excluding hydrogens is 426 g/mol. The van der Waals surface area contributed by atoms with Gasteiger partial charge in [-0.1, -0.05) is 0 Å². The molecular formula is C25H21NO7. The number of nitrogens with one attached hydrogen (secondary N) is 1. The first-order valence-corrected chi connectivity index (χ1v) is 9.88. The molecule has 0 unspecified atom stereocenters. The summed E-state index contributed by atoms with van der Waals surface area (Å²) in [6.45, 7) is 2.62. The lowest BCUT2D eigenvalue weighted by Crippen LogP contribution is -2.15. The normalized spacial score (nSPS) is 10.2. The number of esters is 2. The van der Waals surface area contributed by atoms with E-state index in [4.69, 9.17) is 14.2 Å². The number of carbonyl (C=O) groups is 4. The minimum atomic E-state index is -0.600. The molecule has 3 aromatic carbocycles. The van der Waals surface area contributed by atoms with Crippen molar-refractivity contribution >= 4 is 29.3 Å². The Balaban J connectivity index is 1.75. The lowest BCUT2D eigenvalue weighted by molar-refractivity contribution is -0.131. The summed E-state index contributed by atoms with van der Waals surface area (Å²) in [4.78, 5) is 48.1. The van der Waals surface area contributed by atoms with E-state index in [9.17, 15) is 19.2 Å². The monoisotopic (exact) mass is 447 g/mol. The second-order valence-electron chi connectivity index (χ2n) is 6.95. The van der Waals surface area contributed by atoms with Crippen LogP contribution < -0.4 is 19.5 Å². The molecule has 0 atom stereocenters. The van der Waals surface area contributed by atoms with Crippen LogP contribution in [0, 0.1) is 0 Å². The molecule has 8 heteroatoms. The van der Waals surface area contributed by atoms with E-state index >= 15 is 0 Å². The Morgan fingerprint density at radius 1 is 0.697 bits per heavy atom. The van der Waals surface area contributed by atoms with Crippen molar-refractivity contribution in [1.82, 2.24) is 0 Å². The maximum Gasteiger partial charge on any atom is 0.343 e. The largest absolute Gasteiger partial charge is 0.497 e. The Bertz CT molecular complexity index is 1200. The van der Waals surface area contributed by atoms with Crippen LogP contribution in [0.3, 0.4) is 0 Å². The Morgan fingerprint density at radius 3 is 1.85 bits per heavy atom. The van der Waals surface area contributed by atoms with E-state index in [2.05, 4.69) is 5.32 Å². The first kappa shape index (κ1) is 23.2. The molecule has 3 aromatic rings. The van der Waals surface area contributed by atoms with Crippen molar-refractivity contribution in [2.24, 2.45) is 0 Å². The van der Waals surface area contributed by atoms with Crippen molar-refractivity contribution in [1.29, 1.82) is 0 Å². The highest BCUT2D eigenvalue weighted by atomic mass is 16.5. The standard InChI is InChI=1S/C25H21NO7/c1-15(27)22-14-21(33-25(30)18-6-8-19(31-3)9-7-18)12-13-23(22)26-24(29)17-4-10-20(11-5-17)32-16(2)28/h4-14H,1-3H3,(H,26,29). The summed E-state index contributed by atoms with van der Waals surface area (Å²) < 4.78 is 15.4. The van der Waals surface area contributed by atoms with Gasteiger partial charge in [-0.25, -0.2) is 4.79 Å². The zero-order valence-corrected chi connectivity index (χ0v) is 18.2. The van der Waals surface area contributed by atoms with Gasteiger partial charge in [0.2, 0.25) is 0 Å². The van der Waals surface area contributed by atoms with Crippen molar-refractivity contribution in [3.8, 4) is 17.2 Å². The average molecular weight is 447 g/mol. The lowest BCUT2D eigenvalue weighted by Gasteiger charge is -2.12. The first-order chi connectivity index (χ1) is 15.8. The zero-order chi connectivity index (χ0) is 24.0. The van der Waals surface area contributed by atoms with E-state index in [-0.39, 0.29) is 22.8 Å². The third-order valence-electron chi connectivity index (χ3n) is 4.53. The molecule has 8 nitrogen and oxygen atoms in total. The third kappa shape index (κ3) is 6.04. The summed E-state index contributed by atoms with van der Waals surface area (Å²) in [5, 5.41) is 2.67. The van der Waals surface area contributed by atoms with Crippen LogP contribution in [0.25, 0.3) is 0 Å². The number of Topliss-reactive ketones (excluding diaryl/α,β-unsaturated/α-hetero) is 1. The second-order valence-corrected chi connectivity index (χ2v) is 6.95. The summed E-state index contributed by atoms with van der Waals surface area (Å²) in [7, 11) is 1.52. The maximum absolute atomic E-state index is 12.6. The van der Waals surface area contributed by atoms with Crippen molar-refractivity contribution in [2.75, 3.05) is 12.4 Å². The highest BCUT2D eigenvalue weighted by Gasteiger charge is 2.16. The van der Waals surface area contributed by atoms with Crippen LogP contribution in [0.5, 0.6) is 17.2 Å². The van der Waals surface area contributed by atoms with Gasteiger partial charge >= 0.3 is 11.9 Å². The highest BCUT2D eigenvalue weighted by Crippen LogP contribution is 2.25. The molecule has 0 aliphatic carbocycles. The van der Waals surface area contributed by atoms with E-state index < -0.39 is 17.8 Å². The molecule has 168 valence electrons. The average Bonchev–Trinajstić information content (AvgIpc) is 2.80. The number of ether oxygens (including phenoxy) is 3. The fourth-order valence-electron chi connectivity index (χ4n) is 2.91. The summed E-state index contributed by atoms with van der Waals surface area (Å²) in [6.07, 6.45) is 0. The number of benzene rings is 3. The number of anilines is 1. The summed E-state index contributed by atoms with van der Waals surface area (Å²) in [6, 6.07) is 16.7. The van der Waals surface area contributed by atoms with Crippen molar-refractivity contribution in [3.05, 3.63) is 83.4 Å². The van der Waals surface area contributed by atoms with Crippen LogP contribution in [-0.4, -0.2) is 30.7 Å². The smallest absolute Gasteiger partial charge is 0.343 e. The Morgan fingerprint density at radius 2 is 1.27 bits per heavy atom. The minimum Gasteiger partial charge on any atom is -0.497 e. The van der Waals surface area contributed by atoms with Gasteiger partial charge in [0.25, 0.3) is 5.91 Å². The van der Waals surface area contributed by atoms with E-state index in [1.807, 2.05) is 0 Å². The number of hydrogen-bond acceptors (Lipinski definition) is 7. The zero-order valence-electron chi connectivity index (χ0n) is 18.2. The Kier molecular flexibility index (Phi) is 7.20. The van der Waals surface area contributed by atoms with Crippen LogP contribution >= 0.6 is 0 Å². The third-order valence-corrected chi connectivity index (χ3v) is 4.53. The van der Waals surface area contributed by atoms with Gasteiger partial charge in [-0.15, -0.1) is 0 Å². The second kappa shape index (κ2) is 10.2. The molecule has 0 aliphatic rings. The van der Waals surface area contributed by atoms with E-state index in [1.54, 1.807) is 24.3 Å². The van der Waals surface area contributed by atoms with Gasteiger partial charge in [-0.2, -0.15) is 0 Å². The van der Waals surface area contributed by atoms with Gasteiger partial charge < -0.3 is 19.5 Å². The SMILES string of the molecule is COc1ccc(C(=O)Oc2ccc(NC(=O)c3ccc(OC(C)=O)cc3)c(C(C)=O)c2)cc1. The van der Waals surface area contributed by atoms with Gasteiger partial charge in [0.05, 0.1) is 18.4 Å². The van der Waals surface area contributed by atoms with Gasteiger partial charge in [0, 0.05) is 18.1 Å². The van der Waals surface area contributed by atoms with Crippen LogP contribution in [-0.2, 0) is 4.79 Å². The molecule has 1 N–H and O–H groups in total. The quantitative estimate of drug-likeness (QED) is 0.327. The summed E-state index contributed by atoms with van der Waals surface area (Å²) >= 11 is 0. The van der Waals surface area contributed by atoms with Gasteiger partial charge in [-0.3, -0.25) is 14.4 Å². The maximum atomic E-state index is 12.6. The van der Waals surface area contributed by atoms with E-state index in [1.165, 1.54) is 63.4 Å². The number of ketones is 1. The van der Waals surface area contributed by atoms with Gasteiger partial charge in [-0.05, 0) is 73.7 Å². The summed E-state index contributed by atoms with van der Waals surface area (Å²) in [5.41, 5.74) is 1.06. The molecule has 0 aliphatic heterocycles. The molecule has 0 spiro atoms. The molecule has 0 aromatic heterocycles. The molecule has 33 heavy (non-hydrogen) atoms. The number of methoxy groups -OCH3 is 1. The summed E-state index contributed by atoms with van der Waals surface area (Å²) in [5.74, 6) is -0.779. The molecule has 0 radical (unpaired) electrons. The van der Waals surface area contributed by atoms with Crippen LogP contribution in [0.4, 0.5) is 5.69 Å². The molecule has 0 fully saturated rings. The molecule has 0 heterocycles. The fourth-order valence-corrected chi connectivity index (χ4v) is 2.91. The van der Waals surface area contributed by atoms with Crippen molar-refractivity contribution in [3.63, 3.8) is 0 Å². The number of amides is 1. The molecule has 1 amide bonds. The van der Waals surface area contributed by atoms with Gasteiger partial charge in [0.1, 0.15) is 17.2 Å². The predicted octanol–water partition coefficient (Wildman–Crippen LogP) is 4.29. The van der Waals surface area contributed by atoms with Gasteiger partial charge in [0.15, 0.2) is 5.78 Å².